The third-order valence-corrected chi connectivity index (χ3v) is 5.84. The summed E-state index contributed by atoms with van der Waals surface area (Å²) in [5.74, 6) is -0.827. The molecule has 0 fully saturated rings. The van der Waals surface area contributed by atoms with Crippen molar-refractivity contribution in [1.29, 1.82) is 0 Å². The molecule has 0 heterocycles. The van der Waals surface area contributed by atoms with Crippen LogP contribution in [0.1, 0.15) is 37.5 Å². The molecule has 10 heteroatoms. The first-order chi connectivity index (χ1) is 19.4. The van der Waals surface area contributed by atoms with Gasteiger partial charge in [-0.1, -0.05) is 38.1 Å². The van der Waals surface area contributed by atoms with Gasteiger partial charge >= 0.3 is 11.8 Å². The number of para-hydroxylation sites is 2. The minimum Gasteiger partial charge on any atom is -0.494 e. The van der Waals surface area contributed by atoms with Crippen LogP contribution in [-0.2, 0) is 27.2 Å². The number of benzene rings is 3. The number of anilines is 2. The summed E-state index contributed by atoms with van der Waals surface area (Å²) in [7, 11) is 1.47. The van der Waals surface area contributed by atoms with Crippen LogP contribution >= 0.6 is 0 Å². The van der Waals surface area contributed by atoms with E-state index in [-0.39, 0.29) is 18.3 Å². The van der Waals surface area contributed by atoms with Gasteiger partial charge in [-0.3, -0.25) is 14.4 Å². The van der Waals surface area contributed by atoms with Gasteiger partial charge in [0.25, 0.3) is 5.91 Å². The fourth-order valence-electron chi connectivity index (χ4n) is 3.87. The summed E-state index contributed by atoms with van der Waals surface area (Å²) in [4.78, 5) is 37.5. The van der Waals surface area contributed by atoms with Crippen molar-refractivity contribution in [1.82, 2.24) is 5.43 Å². The Morgan fingerprint density at radius 3 is 2.12 bits per heavy atom. The average Bonchev–Trinajstić information content (AvgIpc) is 2.97. The molecule has 3 rings (SSSR count). The zero-order valence-electron chi connectivity index (χ0n) is 23.1. The lowest BCUT2D eigenvalue weighted by Gasteiger charge is -2.14. The second kappa shape index (κ2) is 14.9. The van der Waals surface area contributed by atoms with Gasteiger partial charge in [-0.05, 0) is 67.3 Å². The zero-order chi connectivity index (χ0) is 28.9. The van der Waals surface area contributed by atoms with Crippen LogP contribution in [0.2, 0.25) is 0 Å². The third-order valence-electron chi connectivity index (χ3n) is 5.84. The van der Waals surface area contributed by atoms with Crippen LogP contribution in [0.4, 0.5) is 11.4 Å². The van der Waals surface area contributed by atoms with Gasteiger partial charge in [0, 0.05) is 16.9 Å². The van der Waals surface area contributed by atoms with Crippen LogP contribution in [0.15, 0.2) is 65.8 Å². The van der Waals surface area contributed by atoms with Gasteiger partial charge in [-0.2, -0.15) is 5.10 Å². The van der Waals surface area contributed by atoms with Crippen molar-refractivity contribution < 1.29 is 28.6 Å². The lowest BCUT2D eigenvalue weighted by Crippen LogP contribution is -2.33. The maximum Gasteiger partial charge on any atom is 0.329 e. The van der Waals surface area contributed by atoms with Crippen molar-refractivity contribution in [3.05, 3.63) is 77.4 Å². The van der Waals surface area contributed by atoms with E-state index in [2.05, 4.69) is 21.2 Å². The number of ether oxygens (including phenoxy) is 3. The number of methoxy groups -OCH3 is 1. The lowest BCUT2D eigenvalue weighted by atomic mass is 10.0. The molecule has 0 spiro atoms. The predicted molar refractivity (Wildman–Crippen MR) is 154 cm³/mol. The van der Waals surface area contributed by atoms with Crippen molar-refractivity contribution >= 4 is 35.3 Å². The molecule has 3 amide bonds. The van der Waals surface area contributed by atoms with Gasteiger partial charge in [0.1, 0.15) is 5.75 Å². The fraction of sp³-hybridized carbons (Fsp3) is 0.267. The first-order valence-corrected chi connectivity index (χ1v) is 13.0. The summed E-state index contributed by atoms with van der Waals surface area (Å²) in [6, 6.07) is 17.8. The van der Waals surface area contributed by atoms with Gasteiger partial charge in [0.05, 0.1) is 19.9 Å². The maximum absolute atomic E-state index is 12.5. The first-order valence-electron chi connectivity index (χ1n) is 13.0. The molecular weight excluding hydrogens is 512 g/mol. The maximum atomic E-state index is 12.5. The van der Waals surface area contributed by atoms with Gasteiger partial charge in [0.2, 0.25) is 0 Å². The van der Waals surface area contributed by atoms with Gasteiger partial charge < -0.3 is 24.8 Å². The fourth-order valence-corrected chi connectivity index (χ4v) is 3.87. The Hall–Kier alpha value is -4.86. The Bertz CT molecular complexity index is 1330. The standard InChI is InChI=1S/C30H34N4O6/c1-5-20-10-8-11-21(6-2)27(20)33-29(36)30(37)34-31-18-22-12-9-13-25(38-4)28(22)40-19-26(35)32-23-14-16-24(17-15-23)39-7-3/h8-18H,5-7,19H2,1-4H3,(H,32,35)(H,33,36)(H,34,37)/b31-18-. The summed E-state index contributed by atoms with van der Waals surface area (Å²) in [5, 5.41) is 9.36. The molecule has 0 saturated carbocycles. The normalized spacial score (nSPS) is 10.6. The van der Waals surface area contributed by atoms with Gasteiger partial charge in [0.15, 0.2) is 18.1 Å². The summed E-state index contributed by atoms with van der Waals surface area (Å²) in [6.07, 6.45) is 2.73. The van der Waals surface area contributed by atoms with E-state index in [1.807, 2.05) is 39.0 Å². The highest BCUT2D eigenvalue weighted by Crippen LogP contribution is 2.30. The van der Waals surface area contributed by atoms with Crippen LogP contribution < -0.4 is 30.3 Å². The monoisotopic (exact) mass is 546 g/mol. The number of hydrazone groups is 1. The molecule has 40 heavy (non-hydrogen) atoms. The van der Waals surface area contributed by atoms with E-state index in [9.17, 15) is 14.4 Å². The minimum atomic E-state index is -0.927. The van der Waals surface area contributed by atoms with E-state index < -0.39 is 11.8 Å². The molecule has 0 aromatic heterocycles. The molecule has 210 valence electrons. The van der Waals surface area contributed by atoms with Crippen molar-refractivity contribution in [3.63, 3.8) is 0 Å². The number of nitrogens with one attached hydrogen (secondary N) is 3. The molecule has 3 N–H and O–H groups in total. The number of hydrogen-bond acceptors (Lipinski definition) is 7. The molecule has 3 aromatic carbocycles. The molecule has 0 aliphatic rings. The molecule has 0 atom stereocenters. The largest absolute Gasteiger partial charge is 0.494 e. The number of hydrogen-bond donors (Lipinski definition) is 3. The smallest absolute Gasteiger partial charge is 0.329 e. The van der Waals surface area contributed by atoms with E-state index in [4.69, 9.17) is 14.2 Å². The highest BCUT2D eigenvalue weighted by Gasteiger charge is 2.17. The SMILES string of the molecule is CCOc1ccc(NC(=O)COc2c(/C=N\NC(=O)C(=O)Nc3c(CC)cccc3CC)cccc2OC)cc1. The Balaban J connectivity index is 1.63. The summed E-state index contributed by atoms with van der Waals surface area (Å²) in [5.41, 5.74) is 5.77. The number of amides is 3. The second-order valence-corrected chi connectivity index (χ2v) is 8.48. The molecule has 0 saturated heterocycles. The number of carbonyl (C=O) groups is 3. The van der Waals surface area contributed by atoms with Gasteiger partial charge in [-0.15, -0.1) is 0 Å². The van der Waals surface area contributed by atoms with Crippen LogP contribution in [0.5, 0.6) is 17.2 Å². The number of nitrogens with zero attached hydrogens (tertiary/aromatic N) is 1. The Morgan fingerprint density at radius 2 is 1.50 bits per heavy atom. The van der Waals surface area contributed by atoms with Crippen LogP contribution in [0, 0.1) is 0 Å². The minimum absolute atomic E-state index is 0.249. The van der Waals surface area contributed by atoms with Crippen molar-refractivity contribution in [2.75, 3.05) is 31.0 Å². The van der Waals surface area contributed by atoms with E-state index in [1.54, 1.807) is 42.5 Å². The molecule has 0 aliphatic heterocycles. The van der Waals surface area contributed by atoms with Crippen molar-refractivity contribution in [3.8, 4) is 17.2 Å². The topological polar surface area (TPSA) is 127 Å². The van der Waals surface area contributed by atoms with Crippen LogP contribution in [0.25, 0.3) is 0 Å². The van der Waals surface area contributed by atoms with Crippen LogP contribution in [-0.4, -0.2) is 44.3 Å². The lowest BCUT2D eigenvalue weighted by molar-refractivity contribution is -0.136. The summed E-state index contributed by atoms with van der Waals surface area (Å²) < 4.78 is 16.5. The van der Waals surface area contributed by atoms with Gasteiger partial charge in [-0.25, -0.2) is 5.43 Å². The molecular formula is C30H34N4O6. The number of aryl methyl sites for hydroxylation is 2. The number of rotatable bonds is 12. The first kappa shape index (κ1) is 29.7. The highest BCUT2D eigenvalue weighted by molar-refractivity contribution is 6.39. The second-order valence-electron chi connectivity index (χ2n) is 8.48. The van der Waals surface area contributed by atoms with E-state index in [1.165, 1.54) is 13.3 Å². The highest BCUT2D eigenvalue weighted by atomic mass is 16.5. The third kappa shape index (κ3) is 8.07. The Kier molecular flexibility index (Phi) is 11.1. The van der Waals surface area contributed by atoms with E-state index >= 15 is 0 Å². The van der Waals surface area contributed by atoms with Crippen LogP contribution in [0.3, 0.4) is 0 Å². The number of carbonyl (C=O) groups excluding carboxylic acids is 3. The van der Waals surface area contributed by atoms with E-state index in [0.29, 0.717) is 47.9 Å². The predicted octanol–water partition coefficient (Wildman–Crippen LogP) is 4.33. The van der Waals surface area contributed by atoms with Crippen molar-refractivity contribution in [2.45, 2.75) is 33.6 Å². The van der Waals surface area contributed by atoms with E-state index in [0.717, 1.165) is 11.1 Å². The molecule has 0 unspecified atom stereocenters. The summed E-state index contributed by atoms with van der Waals surface area (Å²) in [6.45, 7) is 6.09. The van der Waals surface area contributed by atoms with Crippen molar-refractivity contribution in [2.24, 2.45) is 5.10 Å². The molecule has 0 bridgehead atoms. The molecule has 10 nitrogen and oxygen atoms in total. The quantitative estimate of drug-likeness (QED) is 0.176. The zero-order valence-corrected chi connectivity index (χ0v) is 23.1. The molecule has 0 aliphatic carbocycles. The Morgan fingerprint density at radius 1 is 0.825 bits per heavy atom. The average molecular weight is 547 g/mol. The summed E-state index contributed by atoms with van der Waals surface area (Å²) >= 11 is 0. The molecule has 0 radical (unpaired) electrons. The molecule has 3 aromatic rings. The Labute approximate surface area is 233 Å².